The second-order valence-electron chi connectivity index (χ2n) is 10.2. The second-order valence-corrected chi connectivity index (χ2v) is 11.1. The van der Waals surface area contributed by atoms with Crippen LogP contribution in [0.2, 0.25) is 0 Å². The lowest BCUT2D eigenvalue weighted by molar-refractivity contribution is -0.122. The van der Waals surface area contributed by atoms with E-state index in [1.165, 1.54) is 50.2 Å². The molecule has 33 heavy (non-hydrogen) atoms. The van der Waals surface area contributed by atoms with Crippen molar-refractivity contribution in [2.45, 2.75) is 43.9 Å². The van der Waals surface area contributed by atoms with E-state index in [-0.39, 0.29) is 11.0 Å². The second kappa shape index (κ2) is 7.66. The molecule has 0 atom stereocenters. The summed E-state index contributed by atoms with van der Waals surface area (Å²) < 4.78 is 0.765. The first-order chi connectivity index (χ1) is 15.9. The number of imide groups is 2. The van der Waals surface area contributed by atoms with Crippen LogP contribution in [0.4, 0.5) is 10.5 Å². The Kier molecular flexibility index (Phi) is 4.84. The van der Waals surface area contributed by atoms with Gasteiger partial charge in [-0.1, -0.05) is 46.3 Å². The number of nitrogens with one attached hydrogen (secondary N) is 1. The fourth-order valence-corrected chi connectivity index (χ4v) is 7.47. The number of carbonyl (C=O) groups is 3. The van der Waals surface area contributed by atoms with E-state index in [0.717, 1.165) is 27.1 Å². The number of barbiturate groups is 1. The summed E-state index contributed by atoms with van der Waals surface area (Å²) in [7, 11) is 0. The van der Waals surface area contributed by atoms with E-state index in [4.69, 9.17) is 0 Å². The van der Waals surface area contributed by atoms with Crippen molar-refractivity contribution in [1.29, 1.82) is 0 Å². The van der Waals surface area contributed by atoms with Crippen LogP contribution in [0, 0.1) is 17.8 Å². The minimum Gasteiger partial charge on any atom is -0.273 e. The number of hydrogen-bond acceptors (Lipinski definition) is 3. The largest absolute Gasteiger partial charge is 0.335 e. The first-order valence-corrected chi connectivity index (χ1v) is 12.5. The number of anilines is 1. The Balaban J connectivity index is 1.30. The Bertz CT molecular complexity index is 1160. The van der Waals surface area contributed by atoms with Gasteiger partial charge in [0.15, 0.2) is 0 Å². The highest BCUT2D eigenvalue weighted by Crippen LogP contribution is 2.60. The minimum absolute atomic E-state index is 0.0633. The monoisotopic (exact) mass is 504 g/mol. The van der Waals surface area contributed by atoms with Gasteiger partial charge in [-0.05, 0) is 97.1 Å². The molecule has 7 rings (SSSR count). The normalized spacial score (nSPS) is 31.9. The molecule has 2 aromatic rings. The average Bonchev–Trinajstić information content (AvgIpc) is 2.77. The molecule has 4 amide bonds. The summed E-state index contributed by atoms with van der Waals surface area (Å²) in [4.78, 5) is 39.4. The highest BCUT2D eigenvalue weighted by Gasteiger charge is 2.51. The van der Waals surface area contributed by atoms with Crippen LogP contribution in [0.1, 0.15) is 49.7 Å². The number of nitrogens with zero attached hydrogens (tertiary/aromatic N) is 1. The zero-order valence-corrected chi connectivity index (χ0v) is 19.8. The summed E-state index contributed by atoms with van der Waals surface area (Å²) in [5, 5.41) is 2.31. The fourth-order valence-electron chi connectivity index (χ4n) is 7.07. The molecular formula is C27H25BrN2O3. The standard InChI is InChI=1S/C27H25BrN2O3/c28-23-4-2-1-3-19(23)12-22-24(31)29-26(33)30(25(22)32)21-7-5-20(6-8-21)27-13-16-9-17(14-27)11-18(10-16)15-27/h1-8,12,16-18H,9-11,13-15H2,(H,29,31,33)/b22-12+. The smallest absolute Gasteiger partial charge is 0.273 e. The lowest BCUT2D eigenvalue weighted by Gasteiger charge is -2.57. The molecule has 1 saturated heterocycles. The minimum atomic E-state index is -0.711. The van der Waals surface area contributed by atoms with Gasteiger partial charge in [-0.3, -0.25) is 14.9 Å². The van der Waals surface area contributed by atoms with Crippen molar-refractivity contribution >= 4 is 45.5 Å². The third-order valence-corrected chi connectivity index (χ3v) is 8.81. The van der Waals surface area contributed by atoms with Gasteiger partial charge in [0.1, 0.15) is 5.57 Å². The number of amides is 4. The number of benzene rings is 2. The summed E-state index contributed by atoms with van der Waals surface area (Å²) in [6, 6.07) is 14.5. The van der Waals surface area contributed by atoms with Crippen LogP contribution in [0.5, 0.6) is 0 Å². The number of carbonyl (C=O) groups excluding carboxylic acids is 3. The summed E-state index contributed by atoms with van der Waals surface area (Å²) in [6.45, 7) is 0. The third-order valence-electron chi connectivity index (χ3n) is 8.08. The Morgan fingerprint density at radius 2 is 1.48 bits per heavy atom. The topological polar surface area (TPSA) is 66.5 Å². The Morgan fingerprint density at radius 1 is 0.879 bits per heavy atom. The molecule has 6 heteroatoms. The Morgan fingerprint density at radius 3 is 2.09 bits per heavy atom. The highest BCUT2D eigenvalue weighted by atomic mass is 79.9. The summed E-state index contributed by atoms with van der Waals surface area (Å²) in [6.07, 6.45) is 9.46. The van der Waals surface area contributed by atoms with Gasteiger partial charge in [-0.25, -0.2) is 9.69 Å². The van der Waals surface area contributed by atoms with Crippen molar-refractivity contribution in [3.05, 3.63) is 69.7 Å². The molecule has 0 aromatic heterocycles. The van der Waals surface area contributed by atoms with Gasteiger partial charge in [0.2, 0.25) is 0 Å². The van der Waals surface area contributed by atoms with Gasteiger partial charge < -0.3 is 0 Å². The van der Waals surface area contributed by atoms with Crippen LogP contribution in [-0.4, -0.2) is 17.8 Å². The van der Waals surface area contributed by atoms with Crippen molar-refractivity contribution in [2.75, 3.05) is 4.90 Å². The predicted molar refractivity (Wildman–Crippen MR) is 129 cm³/mol. The molecule has 4 aliphatic carbocycles. The van der Waals surface area contributed by atoms with E-state index in [1.54, 1.807) is 6.07 Å². The molecule has 4 saturated carbocycles. The number of urea groups is 1. The molecule has 168 valence electrons. The zero-order chi connectivity index (χ0) is 22.7. The highest BCUT2D eigenvalue weighted by molar-refractivity contribution is 9.10. The van der Waals surface area contributed by atoms with Crippen LogP contribution in [-0.2, 0) is 15.0 Å². The molecular weight excluding hydrogens is 480 g/mol. The van der Waals surface area contributed by atoms with Crippen molar-refractivity contribution in [1.82, 2.24) is 5.32 Å². The first-order valence-electron chi connectivity index (χ1n) is 11.7. The predicted octanol–water partition coefficient (Wildman–Crippen LogP) is 5.58. The van der Waals surface area contributed by atoms with Crippen LogP contribution in [0.15, 0.2) is 58.6 Å². The van der Waals surface area contributed by atoms with E-state index in [9.17, 15) is 14.4 Å². The quantitative estimate of drug-likeness (QED) is 0.437. The van der Waals surface area contributed by atoms with Gasteiger partial charge >= 0.3 is 6.03 Å². The van der Waals surface area contributed by atoms with Crippen LogP contribution < -0.4 is 10.2 Å². The number of hydrogen-bond donors (Lipinski definition) is 1. The van der Waals surface area contributed by atoms with E-state index in [0.29, 0.717) is 11.3 Å². The maximum Gasteiger partial charge on any atom is 0.335 e. The summed E-state index contributed by atoms with van der Waals surface area (Å²) in [5.41, 5.74) is 2.70. The number of rotatable bonds is 3. The van der Waals surface area contributed by atoms with Crippen molar-refractivity contribution < 1.29 is 14.4 Å². The summed E-state index contributed by atoms with van der Waals surface area (Å²) >= 11 is 3.44. The fraction of sp³-hybridized carbons (Fsp3) is 0.370. The van der Waals surface area contributed by atoms with Crippen molar-refractivity contribution in [3.8, 4) is 0 Å². The molecule has 2 aromatic carbocycles. The zero-order valence-electron chi connectivity index (χ0n) is 18.2. The van der Waals surface area contributed by atoms with Gasteiger partial charge in [0, 0.05) is 4.47 Å². The molecule has 1 aliphatic heterocycles. The first kappa shape index (κ1) is 20.8. The maximum atomic E-state index is 13.2. The molecule has 5 aliphatic rings. The third kappa shape index (κ3) is 3.46. The SMILES string of the molecule is O=C1NC(=O)N(c2ccc(C34CC5CC(CC(C5)C3)C4)cc2)C(=O)/C1=C/c1ccccc1Br. The van der Waals surface area contributed by atoms with E-state index < -0.39 is 17.8 Å². The molecule has 0 unspecified atom stereocenters. The van der Waals surface area contributed by atoms with Gasteiger partial charge in [0.25, 0.3) is 11.8 Å². The van der Waals surface area contributed by atoms with Crippen LogP contribution in [0.3, 0.4) is 0 Å². The van der Waals surface area contributed by atoms with Crippen LogP contribution in [0.25, 0.3) is 6.08 Å². The molecule has 0 spiro atoms. The van der Waals surface area contributed by atoms with E-state index in [2.05, 4.69) is 33.4 Å². The lowest BCUT2D eigenvalue weighted by atomic mass is 9.48. The van der Waals surface area contributed by atoms with E-state index in [1.807, 2.05) is 30.3 Å². The van der Waals surface area contributed by atoms with Crippen molar-refractivity contribution in [3.63, 3.8) is 0 Å². The maximum absolute atomic E-state index is 13.2. The van der Waals surface area contributed by atoms with Gasteiger partial charge in [-0.2, -0.15) is 0 Å². The molecule has 0 radical (unpaired) electrons. The Hall–Kier alpha value is -2.73. The van der Waals surface area contributed by atoms with Gasteiger partial charge in [-0.15, -0.1) is 0 Å². The molecule has 4 bridgehead atoms. The summed E-state index contributed by atoms with van der Waals surface area (Å²) in [5.74, 6) is 1.26. The molecule has 1 N–H and O–H groups in total. The number of halogens is 1. The van der Waals surface area contributed by atoms with E-state index >= 15 is 0 Å². The van der Waals surface area contributed by atoms with Crippen molar-refractivity contribution in [2.24, 2.45) is 17.8 Å². The molecule has 5 fully saturated rings. The molecule has 1 heterocycles. The lowest BCUT2D eigenvalue weighted by Crippen LogP contribution is -2.54. The molecule has 5 nitrogen and oxygen atoms in total. The van der Waals surface area contributed by atoms with Gasteiger partial charge in [0.05, 0.1) is 5.69 Å². The van der Waals surface area contributed by atoms with Crippen LogP contribution >= 0.6 is 15.9 Å². The Labute approximate surface area is 201 Å². The average molecular weight is 505 g/mol.